The molecule has 0 radical (unpaired) electrons. The number of thioether (sulfide) groups is 2. The number of benzene rings is 2. The molecule has 16 heteroatoms. The van der Waals surface area contributed by atoms with E-state index in [9.17, 15) is 14.4 Å². The predicted molar refractivity (Wildman–Crippen MR) is 174 cm³/mol. The average molecular weight is 680 g/mol. The van der Waals surface area contributed by atoms with E-state index in [0.717, 1.165) is 27.3 Å². The minimum Gasteiger partial charge on any atom is -0.448 e. The molecule has 2 aliphatic heterocycles. The molecule has 1 fully saturated rings. The largest absolute Gasteiger partial charge is 0.448 e. The normalized spacial score (nSPS) is 18.0. The molecule has 2 aliphatic rings. The number of carbonyl (C=O) groups excluding carboxylic acids is 3. The molecule has 4 aromatic rings. The van der Waals surface area contributed by atoms with E-state index >= 15 is 0 Å². The Kier molecular flexibility index (Phi) is 9.44. The number of fused-ring (bicyclic) bond motifs is 1. The van der Waals surface area contributed by atoms with Gasteiger partial charge in [0.2, 0.25) is 0 Å². The molecule has 0 unspecified atom stereocenters. The third kappa shape index (κ3) is 6.58. The first-order chi connectivity index (χ1) is 21.9. The van der Waals surface area contributed by atoms with Crippen LogP contribution in [0.5, 0.6) is 0 Å². The number of hydrogen-bond acceptors (Lipinski definition) is 14. The van der Waals surface area contributed by atoms with Gasteiger partial charge >= 0.3 is 5.97 Å². The van der Waals surface area contributed by atoms with E-state index in [2.05, 4.69) is 25.0 Å². The van der Waals surface area contributed by atoms with Crippen molar-refractivity contribution >= 4 is 75.0 Å². The van der Waals surface area contributed by atoms with E-state index in [1.807, 2.05) is 60.7 Å². The molecule has 45 heavy (non-hydrogen) atoms. The van der Waals surface area contributed by atoms with E-state index in [0.29, 0.717) is 16.4 Å². The van der Waals surface area contributed by atoms with Gasteiger partial charge in [-0.1, -0.05) is 70.3 Å². The number of rotatable bonds is 11. The molecule has 12 nitrogen and oxygen atoms in total. The lowest BCUT2D eigenvalue weighted by atomic mass is 10.0. The molecule has 2 atom stereocenters. The van der Waals surface area contributed by atoms with E-state index in [-0.39, 0.29) is 22.2 Å². The average Bonchev–Trinajstić information content (AvgIpc) is 3.76. The molecular formula is C29H25N7O5S4. The Hall–Kier alpha value is -4.25. The summed E-state index contributed by atoms with van der Waals surface area (Å²) in [7, 11) is 1.30. The van der Waals surface area contributed by atoms with Crippen LogP contribution in [0.25, 0.3) is 0 Å². The summed E-state index contributed by atoms with van der Waals surface area (Å²) in [6.07, 6.45) is 0.966. The minimum atomic E-state index is -0.917. The molecule has 2 amide bonds. The predicted octanol–water partition coefficient (Wildman–Crippen LogP) is 3.81. The van der Waals surface area contributed by atoms with Gasteiger partial charge in [-0.3, -0.25) is 14.5 Å². The zero-order valence-electron chi connectivity index (χ0n) is 23.6. The first kappa shape index (κ1) is 30.8. The number of carbonyl (C=O) groups is 3. The number of ether oxygens (including phenoxy) is 1. The first-order valence-corrected chi connectivity index (χ1v) is 17.1. The van der Waals surface area contributed by atoms with E-state index in [1.165, 1.54) is 47.1 Å². The molecule has 0 spiro atoms. The number of esters is 1. The van der Waals surface area contributed by atoms with Crippen LogP contribution in [-0.4, -0.2) is 67.2 Å². The number of anilines is 1. The Balaban J connectivity index is 1.28. The fraction of sp³-hybridized carbons (Fsp3) is 0.207. The molecule has 0 bridgehead atoms. The summed E-state index contributed by atoms with van der Waals surface area (Å²) in [5, 5.41) is 11.7. The van der Waals surface area contributed by atoms with Crippen molar-refractivity contribution in [2.45, 2.75) is 23.3 Å². The molecule has 2 aromatic heterocycles. The van der Waals surface area contributed by atoms with Crippen LogP contribution in [-0.2, 0) is 29.7 Å². The Morgan fingerprint density at radius 1 is 1.16 bits per heavy atom. The second-order valence-electron chi connectivity index (χ2n) is 9.61. The van der Waals surface area contributed by atoms with Gasteiger partial charge in [-0.2, -0.15) is 0 Å². The van der Waals surface area contributed by atoms with E-state index < -0.39 is 35.3 Å². The summed E-state index contributed by atoms with van der Waals surface area (Å²) in [5.41, 5.74) is 7.59. The van der Waals surface area contributed by atoms with Crippen molar-refractivity contribution in [1.82, 2.24) is 24.8 Å². The lowest BCUT2D eigenvalue weighted by molar-refractivity contribution is -0.154. The second kappa shape index (κ2) is 13.8. The van der Waals surface area contributed by atoms with Crippen molar-refractivity contribution in [3.8, 4) is 0 Å². The number of oxime groups is 1. The maximum Gasteiger partial charge on any atom is 0.356 e. The zero-order valence-corrected chi connectivity index (χ0v) is 26.8. The van der Waals surface area contributed by atoms with Crippen LogP contribution in [0.15, 0.2) is 88.0 Å². The van der Waals surface area contributed by atoms with Gasteiger partial charge in [0.25, 0.3) is 11.8 Å². The lowest BCUT2D eigenvalue weighted by Crippen LogP contribution is -2.71. The van der Waals surface area contributed by atoms with Gasteiger partial charge in [0, 0.05) is 21.8 Å². The Morgan fingerprint density at radius 3 is 2.47 bits per heavy atom. The van der Waals surface area contributed by atoms with Gasteiger partial charge in [-0.15, -0.1) is 40.0 Å². The maximum absolute atomic E-state index is 14.1. The molecule has 1 saturated heterocycles. The number of hydrogen-bond donors (Lipinski definition) is 2. The number of thiazole rings is 1. The lowest BCUT2D eigenvalue weighted by Gasteiger charge is -2.49. The summed E-state index contributed by atoms with van der Waals surface area (Å²) in [5.74, 6) is -0.798. The monoisotopic (exact) mass is 679 g/mol. The SMILES string of the molecule is CO/N=C(\C(=O)N[C@@H]1C(=O)N2C(C(=O)OC(c3ccccc3)c3ccccc3)=C(SCc3cnns3)CS[C@H]12)c1csc(N)n1. The number of β-lactam (4-membered cyclic amide) rings is 1. The Bertz CT molecular complexity index is 1710. The van der Waals surface area contributed by atoms with Gasteiger partial charge in [-0.25, -0.2) is 9.78 Å². The number of nitrogens with zero attached hydrogens (tertiary/aromatic N) is 5. The highest BCUT2D eigenvalue weighted by atomic mass is 32.2. The van der Waals surface area contributed by atoms with Crippen LogP contribution < -0.4 is 11.1 Å². The molecule has 4 heterocycles. The molecular weight excluding hydrogens is 655 g/mol. The summed E-state index contributed by atoms with van der Waals surface area (Å²) in [4.78, 5) is 53.0. The van der Waals surface area contributed by atoms with Gasteiger partial charge in [0.15, 0.2) is 16.9 Å². The molecule has 230 valence electrons. The fourth-order valence-corrected chi connectivity index (χ4v) is 8.42. The van der Waals surface area contributed by atoms with Crippen LogP contribution in [0, 0.1) is 0 Å². The van der Waals surface area contributed by atoms with Crippen molar-refractivity contribution < 1.29 is 24.0 Å². The molecule has 3 N–H and O–H groups in total. The minimum absolute atomic E-state index is 0.115. The van der Waals surface area contributed by atoms with Crippen LogP contribution >= 0.6 is 46.4 Å². The Morgan fingerprint density at radius 2 is 1.87 bits per heavy atom. The van der Waals surface area contributed by atoms with Gasteiger partial charge in [0.05, 0.1) is 11.1 Å². The van der Waals surface area contributed by atoms with Crippen molar-refractivity contribution in [3.05, 3.63) is 105 Å². The van der Waals surface area contributed by atoms with E-state index in [1.54, 1.807) is 11.6 Å². The van der Waals surface area contributed by atoms with Crippen LogP contribution in [0.2, 0.25) is 0 Å². The number of nitrogens with one attached hydrogen (secondary N) is 1. The van der Waals surface area contributed by atoms with Gasteiger partial charge in [0.1, 0.15) is 29.9 Å². The number of aromatic nitrogens is 3. The van der Waals surface area contributed by atoms with Crippen LogP contribution in [0.3, 0.4) is 0 Å². The highest BCUT2D eigenvalue weighted by molar-refractivity contribution is 8.05. The van der Waals surface area contributed by atoms with Crippen LogP contribution in [0.4, 0.5) is 5.13 Å². The third-order valence-electron chi connectivity index (χ3n) is 6.80. The summed E-state index contributed by atoms with van der Waals surface area (Å²) >= 11 is 5.28. The van der Waals surface area contributed by atoms with Crippen molar-refractivity contribution in [2.24, 2.45) is 5.16 Å². The first-order valence-electron chi connectivity index (χ1n) is 13.5. The summed E-state index contributed by atoms with van der Waals surface area (Å²) < 4.78 is 10.1. The highest BCUT2D eigenvalue weighted by Crippen LogP contribution is 2.45. The number of nitrogens with two attached hydrogens (primary N) is 1. The molecule has 0 saturated carbocycles. The topological polar surface area (TPSA) is 162 Å². The number of nitrogen functional groups attached to an aromatic ring is 1. The smallest absolute Gasteiger partial charge is 0.356 e. The maximum atomic E-state index is 14.1. The van der Waals surface area contributed by atoms with Gasteiger partial charge < -0.3 is 20.6 Å². The second-order valence-corrected chi connectivity index (χ2v) is 13.5. The summed E-state index contributed by atoms with van der Waals surface area (Å²) in [6.45, 7) is 0. The quantitative estimate of drug-likeness (QED) is 0.103. The summed E-state index contributed by atoms with van der Waals surface area (Å²) in [6, 6.07) is 17.9. The third-order valence-corrected chi connectivity index (χ3v) is 10.9. The van der Waals surface area contributed by atoms with Crippen molar-refractivity contribution in [1.29, 1.82) is 0 Å². The van der Waals surface area contributed by atoms with Crippen molar-refractivity contribution in [3.63, 3.8) is 0 Å². The fourth-order valence-electron chi connectivity index (χ4n) is 4.75. The zero-order chi connectivity index (χ0) is 31.3. The van der Waals surface area contributed by atoms with Crippen LogP contribution in [0.1, 0.15) is 27.8 Å². The highest BCUT2D eigenvalue weighted by Gasteiger charge is 2.55. The molecule has 6 rings (SSSR count). The molecule has 0 aliphatic carbocycles. The van der Waals surface area contributed by atoms with Gasteiger partial charge in [-0.05, 0) is 22.7 Å². The Labute approximate surface area is 274 Å². The standard InChI is InChI=1S/C29H25N7O5S4/c1-40-34-21(19-14-44-29(30)32-19)25(37)33-22-26(38)36-23(20(15-43-27(22)36)42-13-18-12-31-35-45-18)28(39)41-24(16-8-4-2-5-9-16)17-10-6-3-7-11-17/h2-12,14,22,24,27H,13,15H2,1H3,(H2,30,32)(H,33,37)/b34-21-/t22-,27-/m1/s1. The molecule has 2 aromatic carbocycles. The van der Waals surface area contributed by atoms with E-state index in [4.69, 9.17) is 15.3 Å². The van der Waals surface area contributed by atoms with Crippen molar-refractivity contribution in [2.75, 3.05) is 18.6 Å². The number of amides is 2.